The topological polar surface area (TPSA) is 71.3 Å². The lowest BCUT2D eigenvalue weighted by atomic mass is 10.1. The highest BCUT2D eigenvalue weighted by molar-refractivity contribution is 5.92. The fourth-order valence-electron chi connectivity index (χ4n) is 4.12. The van der Waals surface area contributed by atoms with Gasteiger partial charge in [0.1, 0.15) is 12.4 Å². The molecule has 7 nitrogen and oxygen atoms in total. The number of rotatable bonds is 8. The van der Waals surface area contributed by atoms with E-state index in [1.807, 2.05) is 41.2 Å². The summed E-state index contributed by atoms with van der Waals surface area (Å²) in [7, 11) is 3.22. The Bertz CT molecular complexity index is 1360. The van der Waals surface area contributed by atoms with Crippen molar-refractivity contribution in [2.75, 3.05) is 20.8 Å². The molecule has 0 aliphatic heterocycles. The van der Waals surface area contributed by atoms with Crippen LogP contribution >= 0.6 is 0 Å². The molecule has 1 aliphatic rings. The summed E-state index contributed by atoms with van der Waals surface area (Å²) in [5.41, 5.74) is 2.43. The van der Waals surface area contributed by atoms with Gasteiger partial charge in [0.25, 0.3) is 0 Å². The van der Waals surface area contributed by atoms with Crippen LogP contribution in [0.2, 0.25) is 0 Å². The lowest BCUT2D eigenvalue weighted by molar-refractivity contribution is 0.355. The van der Waals surface area contributed by atoms with Gasteiger partial charge in [0.2, 0.25) is 0 Å². The summed E-state index contributed by atoms with van der Waals surface area (Å²) in [6.45, 7) is 2.61. The zero-order valence-electron chi connectivity index (χ0n) is 18.9. The van der Waals surface area contributed by atoms with Crippen LogP contribution in [0.25, 0.3) is 27.5 Å². The molecule has 2 aromatic heterocycles. The molecular formula is C26H26N4O3. The van der Waals surface area contributed by atoms with Crippen molar-refractivity contribution in [3.05, 3.63) is 67.0 Å². The quantitative estimate of drug-likeness (QED) is 0.352. The predicted molar refractivity (Wildman–Crippen MR) is 128 cm³/mol. The van der Waals surface area contributed by atoms with Crippen LogP contribution in [-0.2, 0) is 0 Å². The Labute approximate surface area is 192 Å². The van der Waals surface area contributed by atoms with E-state index in [0.717, 1.165) is 27.7 Å². The van der Waals surface area contributed by atoms with Crippen molar-refractivity contribution in [3.63, 3.8) is 0 Å². The summed E-state index contributed by atoms with van der Waals surface area (Å²) in [5.74, 6) is 3.36. The summed E-state index contributed by atoms with van der Waals surface area (Å²) >= 11 is 0. The second kappa shape index (κ2) is 8.94. The standard InChI is InChI=1S/C26H26N4O3/c1-4-6-17-11-18(17)7-5-10-33-20-9-8-19-15-28-30(23(19)12-20)24-16-27-29-22-14-26(32-3)25(31-2)13-21(22)24/h4-9,12-18H,10-11H2,1-3H3/b6-4-,7-5+. The lowest BCUT2D eigenvalue weighted by Gasteiger charge is -2.12. The number of fused-ring (bicyclic) bond motifs is 2. The minimum atomic E-state index is 0.537. The van der Waals surface area contributed by atoms with E-state index in [0.29, 0.717) is 35.5 Å². The van der Waals surface area contributed by atoms with Gasteiger partial charge in [-0.1, -0.05) is 24.3 Å². The highest BCUT2D eigenvalue weighted by atomic mass is 16.5. The van der Waals surface area contributed by atoms with Crippen LogP contribution in [0.15, 0.2) is 67.0 Å². The summed E-state index contributed by atoms with van der Waals surface area (Å²) in [5, 5.41) is 14.9. The van der Waals surface area contributed by atoms with E-state index < -0.39 is 0 Å². The molecule has 2 atom stereocenters. The van der Waals surface area contributed by atoms with E-state index in [2.05, 4.69) is 46.5 Å². The van der Waals surface area contributed by atoms with Gasteiger partial charge in [-0.25, -0.2) is 4.68 Å². The molecule has 2 heterocycles. The van der Waals surface area contributed by atoms with Gasteiger partial charge in [0.05, 0.1) is 43.3 Å². The predicted octanol–water partition coefficient (Wildman–Crippen LogP) is 5.13. The number of hydrogen-bond acceptors (Lipinski definition) is 6. The van der Waals surface area contributed by atoms with E-state index in [4.69, 9.17) is 14.2 Å². The van der Waals surface area contributed by atoms with E-state index in [-0.39, 0.29) is 0 Å². The third kappa shape index (κ3) is 4.14. The van der Waals surface area contributed by atoms with Crippen LogP contribution in [0, 0.1) is 11.8 Å². The largest absolute Gasteiger partial charge is 0.493 e. The average molecular weight is 443 g/mol. The van der Waals surface area contributed by atoms with Crippen molar-refractivity contribution < 1.29 is 14.2 Å². The smallest absolute Gasteiger partial charge is 0.162 e. The summed E-state index contributed by atoms with van der Waals surface area (Å²) < 4.78 is 18.7. The van der Waals surface area contributed by atoms with Crippen molar-refractivity contribution in [2.45, 2.75) is 13.3 Å². The van der Waals surface area contributed by atoms with Crippen LogP contribution in [0.1, 0.15) is 13.3 Å². The fourth-order valence-corrected chi connectivity index (χ4v) is 4.12. The van der Waals surface area contributed by atoms with Crippen LogP contribution in [0.5, 0.6) is 17.2 Å². The van der Waals surface area contributed by atoms with Gasteiger partial charge < -0.3 is 14.2 Å². The third-order valence-corrected chi connectivity index (χ3v) is 5.95. The minimum absolute atomic E-state index is 0.537. The first kappa shape index (κ1) is 21.0. The van der Waals surface area contributed by atoms with Crippen LogP contribution in [0.4, 0.5) is 0 Å². The zero-order chi connectivity index (χ0) is 22.8. The first-order chi connectivity index (χ1) is 16.2. The Balaban J connectivity index is 1.43. The van der Waals surface area contributed by atoms with Gasteiger partial charge >= 0.3 is 0 Å². The Morgan fingerprint density at radius 3 is 2.67 bits per heavy atom. The SMILES string of the molecule is C/C=C\C1CC1/C=C/COc1ccc2cnn(-c3cnnc4cc(OC)c(OC)cc34)c2c1. The van der Waals surface area contributed by atoms with Gasteiger partial charge in [-0.05, 0) is 43.4 Å². The molecule has 2 aromatic carbocycles. The normalized spacial score (nSPS) is 17.9. The number of aromatic nitrogens is 4. The Hall–Kier alpha value is -3.87. The monoisotopic (exact) mass is 442 g/mol. The number of hydrogen-bond donors (Lipinski definition) is 0. The molecular weight excluding hydrogens is 416 g/mol. The second-order valence-electron chi connectivity index (χ2n) is 8.06. The maximum Gasteiger partial charge on any atom is 0.162 e. The van der Waals surface area contributed by atoms with Crippen molar-refractivity contribution >= 4 is 21.8 Å². The molecule has 168 valence electrons. The summed E-state index contributed by atoms with van der Waals surface area (Å²) in [6, 6.07) is 9.70. The van der Waals surface area contributed by atoms with E-state index in [9.17, 15) is 0 Å². The molecule has 5 rings (SSSR count). The molecule has 7 heteroatoms. The van der Waals surface area contributed by atoms with Crippen LogP contribution in [0.3, 0.4) is 0 Å². The maximum atomic E-state index is 5.99. The molecule has 1 aliphatic carbocycles. The highest BCUT2D eigenvalue weighted by Crippen LogP contribution is 2.40. The fraction of sp³-hybridized carbons (Fsp3) is 0.269. The summed E-state index contributed by atoms with van der Waals surface area (Å²) in [4.78, 5) is 0. The highest BCUT2D eigenvalue weighted by Gasteiger charge is 2.31. The number of ether oxygens (including phenoxy) is 3. The average Bonchev–Trinajstić information content (AvgIpc) is 3.45. The van der Waals surface area contributed by atoms with Gasteiger partial charge in [-0.3, -0.25) is 0 Å². The first-order valence-electron chi connectivity index (χ1n) is 11.0. The van der Waals surface area contributed by atoms with Crippen molar-refractivity contribution in [1.29, 1.82) is 0 Å². The molecule has 0 spiro atoms. The van der Waals surface area contributed by atoms with Gasteiger partial charge in [0.15, 0.2) is 11.5 Å². The molecule has 0 bridgehead atoms. The summed E-state index contributed by atoms with van der Waals surface area (Å²) in [6.07, 6.45) is 13.5. The first-order valence-corrected chi connectivity index (χ1v) is 11.0. The lowest BCUT2D eigenvalue weighted by Crippen LogP contribution is -2.01. The van der Waals surface area contributed by atoms with Crippen molar-refractivity contribution in [2.24, 2.45) is 11.8 Å². The number of benzene rings is 2. The van der Waals surface area contributed by atoms with Crippen molar-refractivity contribution in [1.82, 2.24) is 20.0 Å². The molecule has 0 N–H and O–H groups in total. The number of allylic oxidation sites excluding steroid dienone is 3. The number of methoxy groups -OCH3 is 2. The minimum Gasteiger partial charge on any atom is -0.493 e. The molecule has 1 saturated carbocycles. The molecule has 0 saturated heterocycles. The van der Waals surface area contributed by atoms with Gasteiger partial charge in [-0.15, -0.1) is 0 Å². The second-order valence-corrected chi connectivity index (χ2v) is 8.06. The van der Waals surface area contributed by atoms with Gasteiger partial charge in [-0.2, -0.15) is 15.3 Å². The van der Waals surface area contributed by atoms with Crippen molar-refractivity contribution in [3.8, 4) is 22.9 Å². The Morgan fingerprint density at radius 1 is 1.03 bits per heavy atom. The molecule has 4 aromatic rings. The third-order valence-electron chi connectivity index (χ3n) is 5.95. The van der Waals surface area contributed by atoms with E-state index in [1.165, 1.54) is 6.42 Å². The maximum absolute atomic E-state index is 5.99. The van der Waals surface area contributed by atoms with Crippen LogP contribution < -0.4 is 14.2 Å². The Morgan fingerprint density at radius 2 is 1.85 bits per heavy atom. The van der Waals surface area contributed by atoms with Gasteiger partial charge in [0, 0.05) is 22.9 Å². The molecule has 2 unspecified atom stereocenters. The van der Waals surface area contributed by atoms with E-state index in [1.54, 1.807) is 20.4 Å². The molecule has 33 heavy (non-hydrogen) atoms. The van der Waals surface area contributed by atoms with Crippen LogP contribution in [-0.4, -0.2) is 40.8 Å². The zero-order valence-corrected chi connectivity index (χ0v) is 18.9. The molecule has 0 amide bonds. The number of nitrogens with zero attached hydrogens (tertiary/aromatic N) is 4. The van der Waals surface area contributed by atoms with E-state index >= 15 is 0 Å². The Kier molecular flexibility index (Phi) is 5.69. The molecule has 1 fully saturated rings. The molecule has 0 radical (unpaired) electrons.